The summed E-state index contributed by atoms with van der Waals surface area (Å²) >= 11 is 6.38. The molecule has 19 heavy (non-hydrogen) atoms. The van der Waals surface area contributed by atoms with Crippen molar-refractivity contribution in [3.63, 3.8) is 0 Å². The Morgan fingerprint density at radius 3 is 2.95 bits per heavy atom. The van der Waals surface area contributed by atoms with Gasteiger partial charge < -0.3 is 15.4 Å². The Bertz CT molecular complexity index is 434. The molecule has 0 fully saturated rings. The molecule has 7 heteroatoms. The molecule has 0 saturated carbocycles. The second-order valence-corrected chi connectivity index (χ2v) is 5.66. The van der Waals surface area contributed by atoms with Crippen LogP contribution in [-0.4, -0.2) is 47.6 Å². The van der Waals surface area contributed by atoms with E-state index in [1.165, 1.54) is 4.88 Å². The Labute approximate surface area is 122 Å². The third kappa shape index (κ3) is 6.09. The first kappa shape index (κ1) is 16.0. The van der Waals surface area contributed by atoms with E-state index in [1.807, 2.05) is 12.4 Å². The highest BCUT2D eigenvalue weighted by Crippen LogP contribution is 2.12. The summed E-state index contributed by atoms with van der Waals surface area (Å²) in [5.74, 6) is -0.0581. The molecule has 1 aromatic rings. The molecule has 0 unspecified atom stereocenters. The van der Waals surface area contributed by atoms with Crippen LogP contribution in [0.25, 0.3) is 0 Å². The summed E-state index contributed by atoms with van der Waals surface area (Å²) in [5, 5.41) is 0. The SMILES string of the molecule is Cc1ncsc1CCOCC(=O)N(C)CCC(N)=S. The van der Waals surface area contributed by atoms with Crippen LogP contribution < -0.4 is 5.73 Å². The second-order valence-electron chi connectivity index (χ2n) is 4.20. The molecule has 0 radical (unpaired) electrons. The number of thiocarbonyl (C=S) groups is 1. The van der Waals surface area contributed by atoms with Crippen LogP contribution in [0.4, 0.5) is 0 Å². The zero-order valence-electron chi connectivity index (χ0n) is 11.2. The fraction of sp³-hybridized carbons (Fsp3) is 0.583. The standard InChI is InChI=1S/C12H19N3O2S2/c1-9-10(19-8-14-9)4-6-17-7-12(16)15(2)5-3-11(13)18/h8H,3-7H2,1-2H3,(H2,13,18). The molecule has 0 aliphatic rings. The maximum absolute atomic E-state index is 11.7. The van der Waals surface area contributed by atoms with E-state index in [1.54, 1.807) is 23.3 Å². The topological polar surface area (TPSA) is 68.5 Å². The number of aryl methyl sites for hydroxylation is 1. The molecule has 1 amide bonds. The summed E-state index contributed by atoms with van der Waals surface area (Å²) in [6.07, 6.45) is 1.33. The fourth-order valence-corrected chi connectivity index (χ4v) is 2.26. The largest absolute Gasteiger partial charge is 0.393 e. The molecular weight excluding hydrogens is 282 g/mol. The molecule has 0 saturated heterocycles. The lowest BCUT2D eigenvalue weighted by atomic mass is 10.3. The van der Waals surface area contributed by atoms with Crippen LogP contribution in [0.5, 0.6) is 0 Å². The van der Waals surface area contributed by atoms with Gasteiger partial charge in [-0.1, -0.05) is 12.2 Å². The Kier molecular flexibility index (Phi) is 6.90. The number of carbonyl (C=O) groups is 1. The van der Waals surface area contributed by atoms with E-state index in [4.69, 9.17) is 22.7 Å². The summed E-state index contributed by atoms with van der Waals surface area (Å²) in [6.45, 7) is 3.12. The van der Waals surface area contributed by atoms with E-state index >= 15 is 0 Å². The third-order valence-corrected chi connectivity index (χ3v) is 3.86. The van der Waals surface area contributed by atoms with Gasteiger partial charge in [-0.15, -0.1) is 11.3 Å². The Morgan fingerprint density at radius 1 is 1.63 bits per heavy atom. The van der Waals surface area contributed by atoms with Crippen LogP contribution in [-0.2, 0) is 16.0 Å². The van der Waals surface area contributed by atoms with Crippen molar-refractivity contribution < 1.29 is 9.53 Å². The van der Waals surface area contributed by atoms with Gasteiger partial charge in [0.25, 0.3) is 0 Å². The summed E-state index contributed by atoms with van der Waals surface area (Å²) in [4.78, 5) is 19.1. The minimum Gasteiger partial charge on any atom is -0.393 e. The number of thiazole rings is 1. The smallest absolute Gasteiger partial charge is 0.248 e. The fourth-order valence-electron chi connectivity index (χ4n) is 1.40. The lowest BCUT2D eigenvalue weighted by Crippen LogP contribution is -2.33. The lowest BCUT2D eigenvalue weighted by molar-refractivity contribution is -0.134. The van der Waals surface area contributed by atoms with E-state index in [0.717, 1.165) is 12.1 Å². The monoisotopic (exact) mass is 301 g/mol. The number of hydrogen-bond donors (Lipinski definition) is 1. The maximum atomic E-state index is 11.7. The molecule has 106 valence electrons. The molecule has 1 rings (SSSR count). The number of nitrogens with zero attached hydrogens (tertiary/aromatic N) is 2. The van der Waals surface area contributed by atoms with Crippen molar-refractivity contribution >= 4 is 34.5 Å². The molecular formula is C12H19N3O2S2. The van der Waals surface area contributed by atoms with Crippen molar-refractivity contribution in [3.8, 4) is 0 Å². The first-order chi connectivity index (χ1) is 9.00. The molecule has 0 spiro atoms. The molecule has 5 nitrogen and oxygen atoms in total. The molecule has 0 bridgehead atoms. The number of hydrogen-bond acceptors (Lipinski definition) is 5. The Balaban J connectivity index is 2.16. The normalized spacial score (nSPS) is 10.4. The predicted molar refractivity (Wildman–Crippen MR) is 80.4 cm³/mol. The van der Waals surface area contributed by atoms with Gasteiger partial charge in [0.1, 0.15) is 6.61 Å². The quantitative estimate of drug-likeness (QED) is 0.576. The van der Waals surface area contributed by atoms with Gasteiger partial charge in [0.2, 0.25) is 5.91 Å². The highest BCUT2D eigenvalue weighted by atomic mass is 32.1. The van der Waals surface area contributed by atoms with Crippen molar-refractivity contribution in [2.24, 2.45) is 5.73 Å². The number of likely N-dealkylation sites (N-methyl/N-ethyl adjacent to an activating group) is 1. The molecule has 0 aliphatic heterocycles. The van der Waals surface area contributed by atoms with Gasteiger partial charge in [-0.25, -0.2) is 4.98 Å². The zero-order valence-corrected chi connectivity index (χ0v) is 12.9. The van der Waals surface area contributed by atoms with Crippen LogP contribution in [0.1, 0.15) is 17.0 Å². The van der Waals surface area contributed by atoms with Crippen LogP contribution in [0.2, 0.25) is 0 Å². The number of ether oxygens (including phenoxy) is 1. The minimum atomic E-state index is -0.0581. The van der Waals surface area contributed by atoms with Crippen molar-refractivity contribution in [2.75, 3.05) is 26.8 Å². The van der Waals surface area contributed by atoms with Gasteiger partial charge in [-0.2, -0.15) is 0 Å². The minimum absolute atomic E-state index is 0.0581. The Hall–Kier alpha value is -1.05. The van der Waals surface area contributed by atoms with E-state index < -0.39 is 0 Å². The number of amides is 1. The molecule has 1 heterocycles. The van der Waals surface area contributed by atoms with Crippen molar-refractivity contribution in [3.05, 3.63) is 16.1 Å². The molecule has 1 aromatic heterocycles. The van der Waals surface area contributed by atoms with Gasteiger partial charge in [0.15, 0.2) is 0 Å². The van der Waals surface area contributed by atoms with Crippen LogP contribution in [0.3, 0.4) is 0 Å². The highest BCUT2D eigenvalue weighted by Gasteiger charge is 2.09. The lowest BCUT2D eigenvalue weighted by Gasteiger charge is -2.16. The van der Waals surface area contributed by atoms with Gasteiger partial charge in [0.05, 0.1) is 22.8 Å². The van der Waals surface area contributed by atoms with E-state index in [9.17, 15) is 4.79 Å². The average molecular weight is 301 g/mol. The van der Waals surface area contributed by atoms with E-state index in [0.29, 0.717) is 24.6 Å². The van der Waals surface area contributed by atoms with Crippen molar-refractivity contribution in [2.45, 2.75) is 19.8 Å². The van der Waals surface area contributed by atoms with Gasteiger partial charge in [0, 0.05) is 31.3 Å². The molecule has 0 aromatic carbocycles. The number of rotatable bonds is 8. The first-order valence-electron chi connectivity index (χ1n) is 5.99. The Morgan fingerprint density at radius 2 is 2.37 bits per heavy atom. The van der Waals surface area contributed by atoms with E-state index in [2.05, 4.69) is 4.98 Å². The molecule has 2 N–H and O–H groups in total. The van der Waals surface area contributed by atoms with Gasteiger partial charge in [-0.3, -0.25) is 4.79 Å². The second kappa shape index (κ2) is 8.19. The summed E-state index contributed by atoms with van der Waals surface area (Å²) < 4.78 is 5.38. The average Bonchev–Trinajstić information content (AvgIpc) is 2.77. The predicted octanol–water partition coefficient (Wildman–Crippen LogP) is 1.15. The van der Waals surface area contributed by atoms with Crippen LogP contribution in [0.15, 0.2) is 5.51 Å². The van der Waals surface area contributed by atoms with Crippen molar-refractivity contribution in [1.29, 1.82) is 0 Å². The summed E-state index contributed by atoms with van der Waals surface area (Å²) in [7, 11) is 1.72. The van der Waals surface area contributed by atoms with Gasteiger partial charge >= 0.3 is 0 Å². The zero-order chi connectivity index (χ0) is 14.3. The number of nitrogens with two attached hydrogens (primary N) is 1. The van der Waals surface area contributed by atoms with Crippen LogP contribution >= 0.6 is 23.6 Å². The summed E-state index contributed by atoms with van der Waals surface area (Å²) in [5.41, 5.74) is 8.24. The summed E-state index contributed by atoms with van der Waals surface area (Å²) in [6, 6.07) is 0. The molecule has 0 atom stereocenters. The highest BCUT2D eigenvalue weighted by molar-refractivity contribution is 7.80. The first-order valence-corrected chi connectivity index (χ1v) is 7.28. The van der Waals surface area contributed by atoms with E-state index in [-0.39, 0.29) is 12.5 Å². The number of aromatic nitrogens is 1. The van der Waals surface area contributed by atoms with Crippen molar-refractivity contribution in [1.82, 2.24) is 9.88 Å². The molecule has 0 aliphatic carbocycles. The number of carbonyl (C=O) groups excluding carboxylic acids is 1. The van der Waals surface area contributed by atoms with Gasteiger partial charge in [-0.05, 0) is 6.92 Å². The third-order valence-electron chi connectivity index (χ3n) is 2.66. The maximum Gasteiger partial charge on any atom is 0.248 e. The van der Waals surface area contributed by atoms with Crippen LogP contribution in [0, 0.1) is 6.92 Å².